The molecule has 0 saturated carbocycles. The molecule has 0 aliphatic heterocycles. The molecule has 0 aliphatic carbocycles. The Morgan fingerprint density at radius 1 is 1.04 bits per heavy atom. The van der Waals surface area contributed by atoms with Gasteiger partial charge in [-0.3, -0.25) is 4.79 Å². The monoisotopic (exact) mass is 401 g/mol. The van der Waals surface area contributed by atoms with Crippen LogP contribution in [0.1, 0.15) is 23.7 Å². The maximum absolute atomic E-state index is 13.1. The first-order valence-electron chi connectivity index (χ1n) is 7.47. The average molecular weight is 402 g/mol. The van der Waals surface area contributed by atoms with Gasteiger partial charge in [0.05, 0.1) is 18.1 Å². The van der Waals surface area contributed by atoms with Crippen LogP contribution in [-0.2, 0) is 11.0 Å². The topological polar surface area (TPSA) is 63.3 Å². The molecule has 8 heteroatoms. The molecule has 0 heterocycles. The lowest BCUT2D eigenvalue weighted by Gasteiger charge is -2.17. The number of carbonyl (C=O) groups is 1. The van der Waals surface area contributed by atoms with Crippen LogP contribution in [0.3, 0.4) is 0 Å². The number of primary amides is 1. The Balaban J connectivity index is 2.42. The average Bonchev–Trinajstić information content (AvgIpc) is 2.52. The molecule has 3 aromatic carbocycles. The molecule has 3 aromatic rings. The highest BCUT2D eigenvalue weighted by Gasteiger charge is 2.31. The summed E-state index contributed by atoms with van der Waals surface area (Å²) in [5, 5.41) is 12.2. The number of aliphatic hydroxyl groups excluding tert-OH is 1. The summed E-state index contributed by atoms with van der Waals surface area (Å²) in [5.41, 5.74) is 4.55. The molecular weight excluding hydrogens is 390 g/mol. The van der Waals surface area contributed by atoms with Gasteiger partial charge in [-0.15, -0.1) is 0 Å². The first-order chi connectivity index (χ1) is 12.1. The quantitative estimate of drug-likeness (QED) is 0.590. The minimum absolute atomic E-state index is 0.222. The zero-order chi connectivity index (χ0) is 19.2. The largest absolute Gasteiger partial charge is 0.416 e. The van der Waals surface area contributed by atoms with Gasteiger partial charge in [-0.25, -0.2) is 0 Å². The molecule has 3 rings (SSSR count). The highest BCUT2D eigenvalue weighted by atomic mass is 35.5. The second-order valence-corrected chi connectivity index (χ2v) is 6.74. The Morgan fingerprint density at radius 3 is 2.31 bits per heavy atom. The van der Waals surface area contributed by atoms with Crippen LogP contribution >= 0.6 is 23.2 Å². The molecular formula is C18H12Cl2F3NO2. The van der Waals surface area contributed by atoms with Gasteiger partial charge in [0.1, 0.15) is 0 Å². The third kappa shape index (κ3) is 3.45. The molecule has 136 valence electrons. The van der Waals surface area contributed by atoms with Crippen LogP contribution in [0.4, 0.5) is 13.2 Å². The number of alkyl halides is 3. The summed E-state index contributed by atoms with van der Waals surface area (Å²) in [6.45, 7) is 0. The van der Waals surface area contributed by atoms with E-state index in [0.717, 1.165) is 12.1 Å². The Hall–Kier alpha value is -2.02. The number of aliphatic hydroxyl groups is 1. The van der Waals surface area contributed by atoms with E-state index < -0.39 is 23.8 Å². The number of halogens is 5. The third-order valence-electron chi connectivity index (χ3n) is 4.10. The van der Waals surface area contributed by atoms with Gasteiger partial charge in [0.15, 0.2) is 0 Å². The smallest absolute Gasteiger partial charge is 0.388 e. The molecule has 0 aromatic heterocycles. The standard InChI is InChI=1S/C18H12Cl2F3NO2/c19-9-4-12-11-3-8(18(21,22)23)1-2-10(11)14(16(25)7-17(24)26)6-13(12)15(20)5-9/h1-6,16,25H,7H2,(H2,24,26). The van der Waals surface area contributed by atoms with Crippen molar-refractivity contribution >= 4 is 50.7 Å². The maximum atomic E-state index is 13.1. The summed E-state index contributed by atoms with van der Waals surface area (Å²) in [6, 6.07) is 7.65. The fourth-order valence-corrected chi connectivity index (χ4v) is 3.51. The number of hydrogen-bond acceptors (Lipinski definition) is 2. The van der Waals surface area contributed by atoms with Crippen LogP contribution in [0, 0.1) is 0 Å². The van der Waals surface area contributed by atoms with E-state index in [4.69, 9.17) is 28.9 Å². The molecule has 1 atom stereocenters. The number of amides is 1. The van der Waals surface area contributed by atoms with E-state index in [9.17, 15) is 23.1 Å². The van der Waals surface area contributed by atoms with Crippen LogP contribution in [0.5, 0.6) is 0 Å². The van der Waals surface area contributed by atoms with Gasteiger partial charge in [-0.05, 0) is 52.1 Å². The Morgan fingerprint density at radius 2 is 1.69 bits per heavy atom. The maximum Gasteiger partial charge on any atom is 0.416 e. The van der Waals surface area contributed by atoms with Gasteiger partial charge in [0.2, 0.25) is 5.91 Å². The van der Waals surface area contributed by atoms with Crippen LogP contribution < -0.4 is 5.73 Å². The molecule has 0 saturated heterocycles. The van der Waals surface area contributed by atoms with Crippen molar-refractivity contribution in [2.24, 2.45) is 5.73 Å². The lowest BCUT2D eigenvalue weighted by molar-refractivity contribution is -0.137. The normalized spacial score (nSPS) is 13.3. The molecule has 26 heavy (non-hydrogen) atoms. The molecule has 1 amide bonds. The van der Waals surface area contributed by atoms with Crippen LogP contribution in [0.25, 0.3) is 21.5 Å². The van der Waals surface area contributed by atoms with E-state index in [1.807, 2.05) is 0 Å². The van der Waals surface area contributed by atoms with E-state index in [1.165, 1.54) is 24.3 Å². The highest BCUT2D eigenvalue weighted by molar-refractivity contribution is 6.39. The van der Waals surface area contributed by atoms with Gasteiger partial charge < -0.3 is 10.8 Å². The molecule has 3 nitrogen and oxygen atoms in total. The molecule has 0 fully saturated rings. The van der Waals surface area contributed by atoms with Crippen LogP contribution in [0.2, 0.25) is 10.0 Å². The van der Waals surface area contributed by atoms with Gasteiger partial charge in [0.25, 0.3) is 0 Å². The van der Waals surface area contributed by atoms with E-state index in [0.29, 0.717) is 16.2 Å². The predicted octanol–water partition coefficient (Wildman–Crippen LogP) is 5.23. The number of benzene rings is 3. The number of hydrogen-bond donors (Lipinski definition) is 2. The SMILES string of the molecule is NC(=O)CC(O)c1cc2c(Cl)cc(Cl)cc2c2cc(C(F)(F)F)ccc12. The Labute approximate surface area is 156 Å². The first kappa shape index (κ1) is 18.8. The second kappa shape index (κ2) is 6.61. The molecule has 0 spiro atoms. The lowest BCUT2D eigenvalue weighted by Crippen LogP contribution is -2.15. The summed E-state index contributed by atoms with van der Waals surface area (Å²) >= 11 is 12.2. The molecule has 0 aliphatic rings. The van der Waals surface area contributed by atoms with Crippen molar-refractivity contribution < 1.29 is 23.1 Å². The summed E-state index contributed by atoms with van der Waals surface area (Å²) in [5.74, 6) is -0.736. The summed E-state index contributed by atoms with van der Waals surface area (Å²) < 4.78 is 39.4. The number of fused-ring (bicyclic) bond motifs is 3. The van der Waals surface area contributed by atoms with E-state index in [-0.39, 0.29) is 27.4 Å². The summed E-state index contributed by atoms with van der Waals surface area (Å²) in [7, 11) is 0. The molecule has 0 bridgehead atoms. The van der Waals surface area contributed by atoms with Crippen molar-refractivity contribution in [3.8, 4) is 0 Å². The minimum Gasteiger partial charge on any atom is -0.388 e. The second-order valence-electron chi connectivity index (χ2n) is 5.89. The van der Waals surface area contributed by atoms with Crippen molar-refractivity contribution in [2.45, 2.75) is 18.7 Å². The van der Waals surface area contributed by atoms with Crippen LogP contribution in [-0.4, -0.2) is 11.0 Å². The van der Waals surface area contributed by atoms with Gasteiger partial charge in [-0.2, -0.15) is 13.2 Å². The summed E-state index contributed by atoms with van der Waals surface area (Å²) in [6.07, 6.45) is -6.18. The molecule has 3 N–H and O–H groups in total. The highest BCUT2D eigenvalue weighted by Crippen LogP contribution is 2.40. The van der Waals surface area contributed by atoms with Gasteiger partial charge in [-0.1, -0.05) is 29.3 Å². The van der Waals surface area contributed by atoms with Crippen molar-refractivity contribution in [3.63, 3.8) is 0 Å². The van der Waals surface area contributed by atoms with E-state index in [1.54, 1.807) is 0 Å². The Bertz CT molecular complexity index is 1030. The fourth-order valence-electron chi connectivity index (χ4n) is 2.96. The van der Waals surface area contributed by atoms with Gasteiger partial charge in [0, 0.05) is 15.4 Å². The Kier molecular flexibility index (Phi) is 4.77. The lowest BCUT2D eigenvalue weighted by atomic mass is 9.92. The summed E-state index contributed by atoms with van der Waals surface area (Å²) in [4.78, 5) is 11.1. The first-order valence-corrected chi connectivity index (χ1v) is 8.22. The van der Waals surface area contributed by atoms with E-state index >= 15 is 0 Å². The fraction of sp³-hybridized carbons (Fsp3) is 0.167. The number of nitrogens with two attached hydrogens (primary N) is 1. The van der Waals surface area contributed by atoms with Crippen molar-refractivity contribution in [1.82, 2.24) is 0 Å². The predicted molar refractivity (Wildman–Crippen MR) is 95.2 cm³/mol. The zero-order valence-corrected chi connectivity index (χ0v) is 14.6. The minimum atomic E-state index is -4.54. The van der Waals surface area contributed by atoms with Crippen LogP contribution in [0.15, 0.2) is 36.4 Å². The van der Waals surface area contributed by atoms with Crippen molar-refractivity contribution in [2.75, 3.05) is 0 Å². The third-order valence-corrected chi connectivity index (χ3v) is 4.63. The van der Waals surface area contributed by atoms with E-state index in [2.05, 4.69) is 0 Å². The number of carbonyl (C=O) groups excluding carboxylic acids is 1. The zero-order valence-electron chi connectivity index (χ0n) is 13.1. The van der Waals surface area contributed by atoms with Crippen molar-refractivity contribution in [3.05, 3.63) is 57.6 Å². The van der Waals surface area contributed by atoms with Gasteiger partial charge >= 0.3 is 6.18 Å². The van der Waals surface area contributed by atoms with Crippen molar-refractivity contribution in [1.29, 1.82) is 0 Å². The molecule has 0 radical (unpaired) electrons. The molecule has 1 unspecified atom stereocenters. The number of rotatable bonds is 3.